The van der Waals surface area contributed by atoms with Gasteiger partial charge in [0, 0.05) is 36.3 Å². The van der Waals surface area contributed by atoms with Crippen molar-refractivity contribution in [1.29, 1.82) is 0 Å². The molecule has 2 saturated heterocycles. The van der Waals surface area contributed by atoms with E-state index in [0.717, 1.165) is 37.1 Å². The highest BCUT2D eigenvalue weighted by Gasteiger charge is 2.37. The first kappa shape index (κ1) is 16.2. The average Bonchev–Trinajstić information content (AvgIpc) is 3.20. The summed E-state index contributed by atoms with van der Waals surface area (Å²) in [7, 11) is 1.90. The zero-order chi connectivity index (χ0) is 17.2. The van der Waals surface area contributed by atoms with Crippen LogP contribution < -0.4 is 0 Å². The van der Waals surface area contributed by atoms with Gasteiger partial charge in [0.2, 0.25) is 5.91 Å². The molecule has 2 fully saturated rings. The number of carbonyl (C=O) groups excluding carboxylic acids is 1. The molecule has 0 saturated carbocycles. The van der Waals surface area contributed by atoms with Crippen LogP contribution in [0.5, 0.6) is 0 Å². The minimum atomic E-state index is 0.0317. The van der Waals surface area contributed by atoms with Crippen molar-refractivity contribution in [2.24, 2.45) is 5.92 Å². The zero-order valence-electron chi connectivity index (χ0n) is 14.8. The van der Waals surface area contributed by atoms with E-state index in [1.54, 1.807) is 0 Å². The molecule has 1 amide bonds. The van der Waals surface area contributed by atoms with Crippen LogP contribution in [0.4, 0.5) is 0 Å². The summed E-state index contributed by atoms with van der Waals surface area (Å²) >= 11 is 0. The van der Waals surface area contributed by atoms with Gasteiger partial charge in [0.05, 0.1) is 12.0 Å². The Morgan fingerprint density at radius 3 is 2.88 bits per heavy atom. The van der Waals surface area contributed by atoms with E-state index in [4.69, 9.17) is 0 Å². The number of H-pyrrole nitrogens is 1. The molecule has 2 unspecified atom stereocenters. The highest BCUT2D eigenvalue weighted by Crippen LogP contribution is 2.25. The number of aromatic amines is 1. The average molecular weight is 335 g/mol. The molecule has 0 bridgehead atoms. The van der Waals surface area contributed by atoms with Crippen molar-refractivity contribution in [2.75, 3.05) is 26.7 Å². The van der Waals surface area contributed by atoms with Crippen LogP contribution in [0.15, 0.2) is 30.5 Å². The van der Waals surface area contributed by atoms with Gasteiger partial charge in [0.15, 0.2) is 0 Å². The molecule has 1 N–H and O–H groups in total. The van der Waals surface area contributed by atoms with Crippen LogP contribution in [0.25, 0.3) is 10.9 Å². The molecule has 3 heterocycles. The minimum absolute atomic E-state index is 0.0317. The molecule has 2 aliphatic heterocycles. The second-order valence-electron chi connectivity index (χ2n) is 7.31. The van der Waals surface area contributed by atoms with Gasteiger partial charge >= 0.3 is 0 Å². The monoisotopic (exact) mass is 335 g/mol. The predicted molar refractivity (Wildman–Crippen MR) is 100 cm³/mol. The summed E-state index contributed by atoms with van der Waals surface area (Å²) in [6, 6.07) is 8.28. The third-order valence-corrected chi connectivity index (χ3v) is 5.54. The first-order valence-corrected chi connectivity index (χ1v) is 9.28. The Labute approximate surface area is 149 Å². The van der Waals surface area contributed by atoms with Crippen molar-refractivity contribution in [2.45, 2.75) is 31.7 Å². The number of nitrogens with zero attached hydrogens (tertiary/aromatic N) is 2. The lowest BCUT2D eigenvalue weighted by atomic mass is 10.0. The molecule has 25 heavy (non-hydrogen) atoms. The summed E-state index contributed by atoms with van der Waals surface area (Å²) in [6.07, 6.45) is 6.65. The number of nitrogens with one attached hydrogen (secondary N) is 1. The molecule has 4 heteroatoms. The van der Waals surface area contributed by atoms with Gasteiger partial charge in [-0.25, -0.2) is 0 Å². The normalized spacial score (nSPS) is 24.5. The van der Waals surface area contributed by atoms with Gasteiger partial charge in [-0.15, -0.1) is 0 Å². The third kappa shape index (κ3) is 3.43. The van der Waals surface area contributed by atoms with E-state index < -0.39 is 0 Å². The van der Waals surface area contributed by atoms with Crippen LogP contribution in [0.1, 0.15) is 31.2 Å². The van der Waals surface area contributed by atoms with Gasteiger partial charge in [-0.3, -0.25) is 4.79 Å². The molecule has 2 aliphatic rings. The Morgan fingerprint density at radius 2 is 2.04 bits per heavy atom. The maximum Gasteiger partial charge on any atom is 0.227 e. The van der Waals surface area contributed by atoms with Crippen molar-refractivity contribution < 1.29 is 4.79 Å². The molecule has 2 atom stereocenters. The summed E-state index contributed by atoms with van der Waals surface area (Å²) in [5.41, 5.74) is 2.13. The number of hydrogen-bond acceptors (Lipinski definition) is 2. The van der Waals surface area contributed by atoms with E-state index in [-0.39, 0.29) is 17.9 Å². The van der Waals surface area contributed by atoms with Gasteiger partial charge in [0.1, 0.15) is 0 Å². The first-order chi connectivity index (χ1) is 12.2. The lowest BCUT2D eigenvalue weighted by molar-refractivity contribution is -0.130. The smallest absolute Gasteiger partial charge is 0.227 e. The van der Waals surface area contributed by atoms with E-state index in [1.165, 1.54) is 24.6 Å². The van der Waals surface area contributed by atoms with Crippen molar-refractivity contribution >= 4 is 16.8 Å². The Morgan fingerprint density at radius 1 is 1.20 bits per heavy atom. The molecule has 1 aromatic heterocycles. The molecule has 2 aromatic rings. The van der Waals surface area contributed by atoms with Gasteiger partial charge in [-0.1, -0.05) is 18.3 Å². The highest BCUT2D eigenvalue weighted by atomic mass is 16.2. The van der Waals surface area contributed by atoms with Crippen molar-refractivity contribution in [3.63, 3.8) is 0 Å². The number of carbonyl (C=O) groups is 1. The molecule has 0 radical (unpaired) electrons. The van der Waals surface area contributed by atoms with Crippen LogP contribution >= 0.6 is 0 Å². The maximum absolute atomic E-state index is 12.6. The van der Waals surface area contributed by atoms with Crippen LogP contribution in [0.2, 0.25) is 0 Å². The summed E-state index contributed by atoms with van der Waals surface area (Å²) < 4.78 is 0. The van der Waals surface area contributed by atoms with E-state index in [2.05, 4.69) is 39.9 Å². The molecule has 4 rings (SSSR count). The van der Waals surface area contributed by atoms with E-state index in [9.17, 15) is 4.79 Å². The van der Waals surface area contributed by atoms with E-state index in [0.29, 0.717) is 0 Å². The fourth-order valence-electron chi connectivity index (χ4n) is 4.03. The lowest BCUT2D eigenvalue weighted by Gasteiger charge is -2.28. The van der Waals surface area contributed by atoms with Gasteiger partial charge in [-0.2, -0.15) is 0 Å². The van der Waals surface area contributed by atoms with Gasteiger partial charge in [0.25, 0.3) is 0 Å². The molecule has 1 aromatic carbocycles. The Balaban J connectivity index is 1.44. The Bertz CT molecular complexity index is 822. The van der Waals surface area contributed by atoms with E-state index >= 15 is 0 Å². The number of benzene rings is 1. The second kappa shape index (κ2) is 6.93. The molecular formula is C21H25N3O. The number of aromatic nitrogens is 1. The third-order valence-electron chi connectivity index (χ3n) is 5.54. The SMILES string of the molecule is CN1C(=O)C(CN2CCCCC2)CC1C#Cc1ccc2[nH]ccc2c1. The fraction of sp³-hybridized carbons (Fsp3) is 0.476. The number of likely N-dealkylation sites (tertiary alicyclic amines) is 2. The van der Waals surface area contributed by atoms with Crippen LogP contribution in [-0.2, 0) is 4.79 Å². The summed E-state index contributed by atoms with van der Waals surface area (Å²) in [4.78, 5) is 20.1. The summed E-state index contributed by atoms with van der Waals surface area (Å²) in [5.74, 6) is 6.96. The van der Waals surface area contributed by atoms with Crippen molar-refractivity contribution in [3.8, 4) is 11.8 Å². The zero-order valence-corrected chi connectivity index (χ0v) is 14.8. The number of hydrogen-bond donors (Lipinski definition) is 1. The molecule has 4 nitrogen and oxygen atoms in total. The number of piperidine rings is 1. The maximum atomic E-state index is 12.6. The topological polar surface area (TPSA) is 39.3 Å². The summed E-state index contributed by atoms with van der Waals surface area (Å²) in [6.45, 7) is 3.18. The summed E-state index contributed by atoms with van der Waals surface area (Å²) in [5, 5.41) is 1.17. The second-order valence-corrected chi connectivity index (χ2v) is 7.31. The number of fused-ring (bicyclic) bond motifs is 1. The lowest BCUT2D eigenvalue weighted by Crippen LogP contribution is -2.37. The van der Waals surface area contributed by atoms with Crippen LogP contribution in [0, 0.1) is 17.8 Å². The fourth-order valence-corrected chi connectivity index (χ4v) is 4.03. The van der Waals surface area contributed by atoms with Crippen LogP contribution in [-0.4, -0.2) is 53.4 Å². The Hall–Kier alpha value is -2.25. The Kier molecular flexibility index (Phi) is 4.50. The minimum Gasteiger partial charge on any atom is -0.361 e. The molecular weight excluding hydrogens is 310 g/mol. The highest BCUT2D eigenvalue weighted by molar-refractivity contribution is 5.82. The van der Waals surface area contributed by atoms with Crippen LogP contribution in [0.3, 0.4) is 0 Å². The van der Waals surface area contributed by atoms with Gasteiger partial charge < -0.3 is 14.8 Å². The largest absolute Gasteiger partial charge is 0.361 e. The quantitative estimate of drug-likeness (QED) is 0.857. The molecule has 0 spiro atoms. The number of rotatable bonds is 2. The number of amides is 1. The molecule has 130 valence electrons. The first-order valence-electron chi connectivity index (χ1n) is 9.28. The predicted octanol–water partition coefficient (Wildman–Crippen LogP) is 2.85. The van der Waals surface area contributed by atoms with E-state index in [1.807, 2.05) is 24.2 Å². The molecule has 0 aliphatic carbocycles. The van der Waals surface area contributed by atoms with Crippen molar-refractivity contribution in [3.05, 3.63) is 36.0 Å². The van der Waals surface area contributed by atoms with Gasteiger partial charge in [-0.05, 0) is 56.6 Å². The standard InChI is InChI=1S/C21H25N3O/c1-23-19(7-5-16-6-8-20-17(13-16)9-10-22-20)14-18(21(23)25)15-24-11-3-2-4-12-24/h6,8-10,13,18-19,22H,2-4,11-12,14-15H2,1H3. The van der Waals surface area contributed by atoms with Crippen molar-refractivity contribution in [1.82, 2.24) is 14.8 Å².